The van der Waals surface area contributed by atoms with Gasteiger partial charge in [0.1, 0.15) is 11.9 Å². The Morgan fingerprint density at radius 3 is 1.92 bits per heavy atom. The van der Waals surface area contributed by atoms with Crippen LogP contribution in [0.3, 0.4) is 0 Å². The number of amides is 2. The second-order valence-electron chi connectivity index (χ2n) is 19.6. The highest BCUT2D eigenvalue weighted by Gasteiger charge is 2.41. The average Bonchev–Trinajstić information content (AvgIpc) is 4.20. The molecule has 2 saturated heterocycles. The van der Waals surface area contributed by atoms with E-state index in [1.54, 1.807) is 49.1 Å². The number of nitrogens with zero attached hydrogens (tertiary/aromatic N) is 10. The number of hydrogen-bond acceptors (Lipinski definition) is 14. The van der Waals surface area contributed by atoms with E-state index in [1.165, 1.54) is 18.2 Å². The van der Waals surface area contributed by atoms with Crippen molar-refractivity contribution in [2.24, 2.45) is 0 Å². The summed E-state index contributed by atoms with van der Waals surface area (Å²) in [6, 6.07) is 34.7. The molecule has 2 amide bonds. The molecule has 10 rings (SSSR count). The number of H-pyrrole nitrogens is 2. The van der Waals surface area contributed by atoms with Gasteiger partial charge in [0.25, 0.3) is 11.8 Å². The van der Waals surface area contributed by atoms with Crippen LogP contribution < -0.4 is 21.3 Å². The molecule has 6 N–H and O–H groups in total. The third-order valence-corrected chi connectivity index (χ3v) is 14.4. The van der Waals surface area contributed by atoms with Crippen LogP contribution >= 0.6 is 0 Å². The Morgan fingerprint density at radius 2 is 1.30 bits per heavy atom. The predicted octanol–water partition coefficient (Wildman–Crippen LogP) is 8.48. The van der Waals surface area contributed by atoms with Crippen LogP contribution in [-0.4, -0.2) is 100 Å². The number of aromatic amines is 2. The van der Waals surface area contributed by atoms with Crippen LogP contribution in [0.1, 0.15) is 107 Å². The van der Waals surface area contributed by atoms with Gasteiger partial charge in [-0.1, -0.05) is 49.7 Å². The van der Waals surface area contributed by atoms with E-state index in [0.717, 1.165) is 54.1 Å². The molecule has 2 unspecified atom stereocenters. The molecule has 2 atom stereocenters. The fourth-order valence-corrected chi connectivity index (χ4v) is 10.1. The van der Waals surface area contributed by atoms with Crippen molar-refractivity contribution in [1.82, 2.24) is 65.7 Å². The number of nitrogens with one attached hydrogen (secondary N) is 6. The van der Waals surface area contributed by atoms with Gasteiger partial charge in [0.05, 0.1) is 34.6 Å². The van der Waals surface area contributed by atoms with Crippen molar-refractivity contribution in [3.63, 3.8) is 0 Å². The van der Waals surface area contributed by atoms with Gasteiger partial charge in [-0.2, -0.15) is 15.5 Å². The Morgan fingerprint density at radius 1 is 0.697 bits per heavy atom. The Hall–Kier alpha value is -8.73. The van der Waals surface area contributed by atoms with Crippen molar-refractivity contribution in [3.05, 3.63) is 186 Å². The first kappa shape index (κ1) is 50.8. The van der Waals surface area contributed by atoms with E-state index in [-0.39, 0.29) is 17.5 Å². The first-order valence-corrected chi connectivity index (χ1v) is 25.6. The Balaban J connectivity index is 0.841. The molecule has 2 fully saturated rings. The third kappa shape index (κ3) is 11.5. The Labute approximate surface area is 440 Å². The van der Waals surface area contributed by atoms with Crippen molar-refractivity contribution < 1.29 is 14.0 Å². The predicted molar refractivity (Wildman–Crippen MR) is 286 cm³/mol. The van der Waals surface area contributed by atoms with E-state index in [0.29, 0.717) is 85.4 Å². The topological polar surface area (TPSA) is 234 Å². The zero-order valence-corrected chi connectivity index (χ0v) is 42.4. The van der Waals surface area contributed by atoms with Crippen LogP contribution in [-0.2, 0) is 17.6 Å². The Bertz CT molecular complexity index is 3310. The van der Waals surface area contributed by atoms with Crippen LogP contribution in [0.2, 0.25) is 0 Å². The summed E-state index contributed by atoms with van der Waals surface area (Å²) in [5, 5.41) is 39.1. The van der Waals surface area contributed by atoms with Gasteiger partial charge in [0, 0.05) is 96.7 Å². The lowest BCUT2D eigenvalue weighted by atomic mass is 9.86. The molecule has 2 aliphatic heterocycles. The van der Waals surface area contributed by atoms with Gasteiger partial charge < -0.3 is 26.2 Å². The summed E-state index contributed by atoms with van der Waals surface area (Å²) in [5.41, 5.74) is 4.50. The van der Waals surface area contributed by atoms with Crippen molar-refractivity contribution in [3.8, 4) is 28.8 Å². The van der Waals surface area contributed by atoms with Gasteiger partial charge in [0.15, 0.2) is 23.3 Å². The molecule has 76 heavy (non-hydrogen) atoms. The molecular formula is C57H59FN16O2. The van der Waals surface area contributed by atoms with Crippen molar-refractivity contribution >= 4 is 23.2 Å². The van der Waals surface area contributed by atoms with Gasteiger partial charge in [-0.3, -0.25) is 39.6 Å². The normalized spacial score (nSPS) is 16.2. The van der Waals surface area contributed by atoms with E-state index in [9.17, 15) is 19.2 Å². The maximum Gasteiger partial charge on any atom is 0.252 e. The van der Waals surface area contributed by atoms with Crippen LogP contribution in [0, 0.1) is 17.1 Å². The standard InChI is InChI=1S/C57H59FN16O2/c1-3-10-48(47-17-6-7-25-62-47)63-52(75)40-11-8-14-43(34-40)68-57(55-65-50(69-71-55)38-18-26-60-27-19-38)23-31-74(32-24-57)37-44-33-39(20-28-61-44)51-66-54(72-70-51)56(21-29-73(2)30-22-56)67-42-13-9-12-41(35-42)53(76)64-49(36-59)45-15-4-5-16-46(45)58/h4-9,11-20,25-28,33-35,48-49,67-68H,3,10,21-24,29-32,37H2,1-2H3,(H,63,75)(H,64,76)(H,65,69,71)(H,66,70,72). The van der Waals surface area contributed by atoms with Gasteiger partial charge in [-0.15, -0.1) is 0 Å². The SMILES string of the molecule is CCCC(NC(=O)c1cccc(NC2(c3nc(-c4ccncc4)n[nH]3)CCN(Cc3cc(-c4n[nH]c(C5(Nc6cccc(C(=O)NC(C#N)c7ccccc7F)c6)CCN(C)CC5)n4)ccn3)CC2)c1)c1ccccn1. The number of pyridine rings is 3. The summed E-state index contributed by atoms with van der Waals surface area (Å²) in [6.45, 7) is 5.67. The fourth-order valence-electron chi connectivity index (χ4n) is 10.1. The monoisotopic (exact) mass is 1020 g/mol. The molecule has 7 heterocycles. The third-order valence-electron chi connectivity index (χ3n) is 14.4. The van der Waals surface area contributed by atoms with Gasteiger partial charge >= 0.3 is 0 Å². The summed E-state index contributed by atoms with van der Waals surface area (Å²) in [5.74, 6) is 1.24. The minimum atomic E-state index is -1.16. The van der Waals surface area contributed by atoms with Gasteiger partial charge in [0.2, 0.25) is 0 Å². The molecular weight excluding hydrogens is 960 g/mol. The zero-order valence-electron chi connectivity index (χ0n) is 42.4. The molecule has 2 aliphatic rings. The lowest BCUT2D eigenvalue weighted by molar-refractivity contribution is 0.0929. The molecule has 386 valence electrons. The Kier molecular flexibility index (Phi) is 15.2. The highest BCUT2D eigenvalue weighted by molar-refractivity contribution is 5.96. The maximum atomic E-state index is 14.6. The van der Waals surface area contributed by atoms with E-state index in [4.69, 9.17) is 20.1 Å². The first-order valence-electron chi connectivity index (χ1n) is 25.6. The highest BCUT2D eigenvalue weighted by Crippen LogP contribution is 2.38. The number of benzene rings is 3. The molecule has 0 spiro atoms. The average molecular weight is 1020 g/mol. The number of anilines is 2. The lowest BCUT2D eigenvalue weighted by Crippen LogP contribution is -2.47. The van der Waals surface area contributed by atoms with Crippen LogP contribution in [0.5, 0.6) is 0 Å². The molecule has 0 radical (unpaired) electrons. The quantitative estimate of drug-likeness (QED) is 0.0473. The van der Waals surface area contributed by atoms with E-state index < -0.39 is 28.8 Å². The minimum Gasteiger partial charge on any atom is -0.373 e. The molecule has 0 bridgehead atoms. The second kappa shape index (κ2) is 22.8. The van der Waals surface area contributed by atoms with Gasteiger partial charge in [-0.05, 0) is 118 Å². The molecule has 19 heteroatoms. The highest BCUT2D eigenvalue weighted by atomic mass is 19.1. The first-order chi connectivity index (χ1) is 37.1. The number of nitriles is 1. The molecule has 5 aromatic heterocycles. The number of carbonyl (C=O) groups excluding carboxylic acids is 2. The molecule has 18 nitrogen and oxygen atoms in total. The van der Waals surface area contributed by atoms with Crippen LogP contribution in [0.4, 0.5) is 15.8 Å². The fraction of sp³-hybridized carbons (Fsp3) is 0.298. The number of carbonyl (C=O) groups is 2. The lowest BCUT2D eigenvalue weighted by Gasteiger charge is -2.41. The van der Waals surface area contributed by atoms with Crippen molar-refractivity contribution in [1.29, 1.82) is 5.26 Å². The number of rotatable bonds is 18. The minimum absolute atomic E-state index is 0.100. The molecule has 0 saturated carbocycles. The summed E-state index contributed by atoms with van der Waals surface area (Å²) in [7, 11) is 2.09. The van der Waals surface area contributed by atoms with Crippen molar-refractivity contribution in [2.75, 3.05) is 43.9 Å². The van der Waals surface area contributed by atoms with Crippen LogP contribution in [0.15, 0.2) is 140 Å². The number of hydrogen-bond donors (Lipinski definition) is 6. The second-order valence-corrected chi connectivity index (χ2v) is 19.6. The number of halogens is 1. The molecule has 3 aromatic carbocycles. The largest absolute Gasteiger partial charge is 0.373 e. The summed E-state index contributed by atoms with van der Waals surface area (Å²) < 4.78 is 14.6. The molecule has 8 aromatic rings. The maximum absolute atomic E-state index is 14.6. The summed E-state index contributed by atoms with van der Waals surface area (Å²) >= 11 is 0. The van der Waals surface area contributed by atoms with Crippen molar-refractivity contribution in [2.45, 2.75) is 75.2 Å². The number of aromatic nitrogens is 9. The zero-order chi connectivity index (χ0) is 52.5. The smallest absolute Gasteiger partial charge is 0.252 e. The van der Waals surface area contributed by atoms with E-state index in [2.05, 4.69) is 70.3 Å². The van der Waals surface area contributed by atoms with Gasteiger partial charge in [-0.25, -0.2) is 14.4 Å². The number of piperidine rings is 2. The molecule has 0 aliphatic carbocycles. The summed E-state index contributed by atoms with van der Waals surface area (Å²) in [6.07, 6.45) is 11.4. The van der Waals surface area contributed by atoms with E-state index >= 15 is 0 Å². The van der Waals surface area contributed by atoms with E-state index in [1.807, 2.05) is 78.9 Å². The van der Waals surface area contributed by atoms with Crippen LogP contribution in [0.25, 0.3) is 22.8 Å². The summed E-state index contributed by atoms with van der Waals surface area (Å²) in [4.78, 5) is 55.6. The number of likely N-dealkylation sites (tertiary alicyclic amines) is 2.